The van der Waals surface area contributed by atoms with Crippen molar-refractivity contribution in [1.82, 2.24) is 31.5 Å². The van der Waals surface area contributed by atoms with Crippen molar-refractivity contribution in [3.63, 3.8) is 0 Å². The van der Waals surface area contributed by atoms with Gasteiger partial charge in [-0.25, -0.2) is 0 Å². The van der Waals surface area contributed by atoms with Crippen LogP contribution in [0, 0.1) is 5.92 Å². The number of fused-ring (bicyclic) bond motifs is 1. The summed E-state index contributed by atoms with van der Waals surface area (Å²) in [5, 5.41) is 12.9. The van der Waals surface area contributed by atoms with Crippen LogP contribution in [0.4, 0.5) is 0 Å². The number of amides is 7. The normalized spacial score (nSPS) is 24.6. The molecule has 0 bridgehead atoms. The Morgan fingerprint density at radius 3 is 2.38 bits per heavy atom. The molecule has 15 nitrogen and oxygen atoms in total. The highest BCUT2D eigenvalue weighted by Crippen LogP contribution is 2.19. The van der Waals surface area contributed by atoms with E-state index in [4.69, 9.17) is 10.5 Å². The Labute approximate surface area is 242 Å². The molecular weight excluding hydrogens is 550 g/mol. The summed E-state index contributed by atoms with van der Waals surface area (Å²) >= 11 is 0. The van der Waals surface area contributed by atoms with Crippen LogP contribution in [-0.2, 0) is 28.8 Å². The third-order valence-corrected chi connectivity index (χ3v) is 6.66. The molecule has 2 heterocycles. The predicted molar refractivity (Wildman–Crippen MR) is 148 cm³/mol. The summed E-state index contributed by atoms with van der Waals surface area (Å²) in [5.41, 5.74) is 5.39. The molecule has 1 aromatic carbocycles. The summed E-state index contributed by atoms with van der Waals surface area (Å²) < 4.78 is 5.83. The number of carbonyl (C=O) groups is 7. The second-order valence-electron chi connectivity index (χ2n) is 10.6. The summed E-state index contributed by atoms with van der Waals surface area (Å²) in [6.45, 7) is 5.13. The van der Waals surface area contributed by atoms with E-state index in [1.54, 1.807) is 39.0 Å². The van der Waals surface area contributed by atoms with Crippen molar-refractivity contribution in [3.05, 3.63) is 29.8 Å². The number of nitrogens with zero attached hydrogens (tertiary/aromatic N) is 1. The van der Waals surface area contributed by atoms with Crippen molar-refractivity contribution in [1.29, 1.82) is 0 Å². The van der Waals surface area contributed by atoms with Gasteiger partial charge in [-0.05, 0) is 25.0 Å². The van der Waals surface area contributed by atoms with E-state index in [0.717, 1.165) is 0 Å². The minimum absolute atomic E-state index is 0.0373. The third-order valence-electron chi connectivity index (χ3n) is 6.66. The van der Waals surface area contributed by atoms with E-state index in [1.165, 1.54) is 11.0 Å². The zero-order valence-electron chi connectivity index (χ0n) is 23.7. The first-order valence-corrected chi connectivity index (χ1v) is 13.6. The molecule has 0 aliphatic carbocycles. The highest BCUT2D eigenvalue weighted by Gasteiger charge is 2.34. The SMILES string of the molecule is CC(C)[C@H]1NC(=O)[C@H](CC(N)=O)NC(=O)C[C@@H](C(=O)N2CCNC(=O)C2)NC(=O)c2ccccc2OC[C@H](C)NC1=O. The minimum Gasteiger partial charge on any atom is -0.491 e. The Bertz CT molecular complexity index is 1240. The smallest absolute Gasteiger partial charge is 0.255 e. The zero-order chi connectivity index (χ0) is 31.0. The molecule has 1 saturated heterocycles. The maximum Gasteiger partial charge on any atom is 0.255 e. The summed E-state index contributed by atoms with van der Waals surface area (Å²) in [4.78, 5) is 91.0. The monoisotopic (exact) mass is 587 g/mol. The van der Waals surface area contributed by atoms with Crippen LogP contribution in [0.2, 0.25) is 0 Å². The molecule has 1 aromatic rings. The lowest BCUT2D eigenvalue weighted by molar-refractivity contribution is -0.141. The highest BCUT2D eigenvalue weighted by atomic mass is 16.5. The molecule has 2 aliphatic heterocycles. The molecule has 2 aliphatic rings. The van der Waals surface area contributed by atoms with E-state index >= 15 is 0 Å². The van der Waals surface area contributed by atoms with Crippen molar-refractivity contribution >= 4 is 41.4 Å². The van der Waals surface area contributed by atoms with Crippen molar-refractivity contribution in [2.75, 3.05) is 26.2 Å². The van der Waals surface area contributed by atoms with Gasteiger partial charge in [0.2, 0.25) is 35.4 Å². The summed E-state index contributed by atoms with van der Waals surface area (Å²) in [7, 11) is 0. The van der Waals surface area contributed by atoms with Gasteiger partial charge >= 0.3 is 0 Å². The van der Waals surface area contributed by atoms with Crippen molar-refractivity contribution in [2.24, 2.45) is 11.7 Å². The lowest BCUT2D eigenvalue weighted by Crippen LogP contribution is -2.58. The molecule has 7 amide bonds. The molecule has 0 spiro atoms. The van der Waals surface area contributed by atoms with Crippen LogP contribution in [0.1, 0.15) is 44.0 Å². The quantitative estimate of drug-likeness (QED) is 0.221. The number of primary amides is 1. The van der Waals surface area contributed by atoms with Gasteiger partial charge in [0.25, 0.3) is 5.91 Å². The number of rotatable bonds is 4. The third kappa shape index (κ3) is 8.65. The minimum atomic E-state index is -1.46. The molecule has 3 rings (SSSR count). The van der Waals surface area contributed by atoms with Gasteiger partial charge < -0.3 is 42.0 Å². The highest BCUT2D eigenvalue weighted by molar-refractivity contribution is 6.02. The number of hydrogen-bond donors (Lipinski definition) is 6. The number of piperazine rings is 1. The second kappa shape index (κ2) is 14.3. The van der Waals surface area contributed by atoms with Crippen LogP contribution < -0.4 is 37.1 Å². The molecule has 15 heteroatoms. The number of benzene rings is 1. The van der Waals surface area contributed by atoms with E-state index in [-0.39, 0.29) is 43.5 Å². The molecule has 42 heavy (non-hydrogen) atoms. The fraction of sp³-hybridized carbons (Fsp3) is 0.519. The topological polar surface area (TPSA) is 218 Å². The zero-order valence-corrected chi connectivity index (χ0v) is 23.7. The van der Waals surface area contributed by atoms with Gasteiger partial charge in [0.15, 0.2) is 0 Å². The average Bonchev–Trinajstić information content (AvgIpc) is 2.92. The number of carbonyl (C=O) groups excluding carboxylic acids is 7. The van der Waals surface area contributed by atoms with E-state index in [9.17, 15) is 33.6 Å². The molecule has 1 fully saturated rings. The number of nitrogens with one attached hydrogen (secondary N) is 5. The van der Waals surface area contributed by atoms with E-state index in [0.29, 0.717) is 0 Å². The molecule has 0 radical (unpaired) electrons. The van der Waals surface area contributed by atoms with Gasteiger partial charge in [0.1, 0.15) is 30.5 Å². The van der Waals surface area contributed by atoms with E-state index < -0.39 is 78.4 Å². The average molecular weight is 588 g/mol. The molecular formula is C27H37N7O8. The Morgan fingerprint density at radius 2 is 1.71 bits per heavy atom. The number of ether oxygens (including phenoxy) is 1. The summed E-state index contributed by atoms with van der Waals surface area (Å²) in [6.07, 6.45) is -1.21. The van der Waals surface area contributed by atoms with Gasteiger partial charge in [-0.3, -0.25) is 33.6 Å². The predicted octanol–water partition coefficient (Wildman–Crippen LogP) is -2.47. The van der Waals surface area contributed by atoms with Crippen LogP contribution >= 0.6 is 0 Å². The van der Waals surface area contributed by atoms with Gasteiger partial charge in [-0.2, -0.15) is 0 Å². The lowest BCUT2D eigenvalue weighted by Gasteiger charge is -2.30. The largest absolute Gasteiger partial charge is 0.491 e. The van der Waals surface area contributed by atoms with Crippen molar-refractivity contribution in [2.45, 2.75) is 57.8 Å². The molecule has 4 atom stereocenters. The summed E-state index contributed by atoms with van der Waals surface area (Å²) in [5.74, 6) is -5.14. The van der Waals surface area contributed by atoms with Gasteiger partial charge in [-0.15, -0.1) is 0 Å². The molecule has 7 N–H and O–H groups in total. The number of para-hydroxylation sites is 1. The second-order valence-corrected chi connectivity index (χ2v) is 10.6. The Morgan fingerprint density at radius 1 is 1.00 bits per heavy atom. The van der Waals surface area contributed by atoms with Crippen LogP contribution in [-0.4, -0.2) is 96.7 Å². The molecule has 228 valence electrons. The molecule has 0 saturated carbocycles. The fourth-order valence-electron chi connectivity index (χ4n) is 4.49. The van der Waals surface area contributed by atoms with Crippen LogP contribution in [0.5, 0.6) is 5.75 Å². The first-order chi connectivity index (χ1) is 19.8. The Hall–Kier alpha value is -4.69. The standard InChI is InChI=1S/C27H37N7O8/c1-14(2)23-26(40)30-15(3)13-42-19-7-5-4-6-16(19)24(38)32-18(27(41)34-9-8-29-22(37)12-34)11-21(36)31-17(10-20(28)35)25(39)33-23/h4-7,14-15,17-18,23H,8-13H2,1-3H3,(H2,28,35)(H,29,37)(H,30,40)(H,31,36)(H,32,38)(H,33,39)/t15-,17-,18-,23+/m0/s1. The van der Waals surface area contributed by atoms with Crippen molar-refractivity contribution in [3.8, 4) is 5.75 Å². The maximum absolute atomic E-state index is 13.4. The van der Waals surface area contributed by atoms with Crippen LogP contribution in [0.15, 0.2) is 24.3 Å². The Balaban J connectivity index is 1.99. The molecule has 0 unspecified atom stereocenters. The van der Waals surface area contributed by atoms with Crippen molar-refractivity contribution < 1.29 is 38.3 Å². The summed E-state index contributed by atoms with van der Waals surface area (Å²) in [6, 6.07) is 1.76. The first kappa shape index (κ1) is 31.8. The van der Waals surface area contributed by atoms with Crippen LogP contribution in [0.25, 0.3) is 0 Å². The maximum atomic E-state index is 13.4. The van der Waals surface area contributed by atoms with Crippen LogP contribution in [0.3, 0.4) is 0 Å². The number of hydrogen-bond acceptors (Lipinski definition) is 8. The van der Waals surface area contributed by atoms with Gasteiger partial charge in [0, 0.05) is 13.1 Å². The number of nitrogens with two attached hydrogens (primary N) is 1. The van der Waals surface area contributed by atoms with E-state index in [2.05, 4.69) is 26.6 Å². The first-order valence-electron chi connectivity index (χ1n) is 13.6. The van der Waals surface area contributed by atoms with E-state index in [1.807, 2.05) is 0 Å². The molecule has 0 aromatic heterocycles. The van der Waals surface area contributed by atoms with Gasteiger partial charge in [0.05, 0.1) is 31.0 Å². The fourth-order valence-corrected chi connectivity index (χ4v) is 4.49. The lowest BCUT2D eigenvalue weighted by atomic mass is 10.0. The Kier molecular flexibility index (Phi) is 10.8. The van der Waals surface area contributed by atoms with Gasteiger partial charge in [-0.1, -0.05) is 26.0 Å².